The van der Waals surface area contributed by atoms with E-state index >= 15 is 0 Å². The largest absolute Gasteiger partial charge is 0.611 e. The third-order valence-corrected chi connectivity index (χ3v) is 1.83. The number of hydrogen-bond donors (Lipinski definition) is 0. The molecule has 59 valence electrons. The highest BCUT2D eigenvalue weighted by Crippen LogP contribution is 2.22. The fourth-order valence-corrected chi connectivity index (χ4v) is 0.660. The number of carbonyl (C=O) groups excluding carboxylic acids is 1. The van der Waals surface area contributed by atoms with Gasteiger partial charge in [0.05, 0.1) is 0 Å². The molecule has 0 rings (SSSR count). The Kier molecular flexibility index (Phi) is 3.73. The fourth-order valence-electron chi connectivity index (χ4n) is 0.220. The molecule has 0 bridgehead atoms. The van der Waals surface area contributed by atoms with Gasteiger partial charge in [-0.1, -0.05) is 0 Å². The Morgan fingerprint density at radius 1 is 1.60 bits per heavy atom. The van der Waals surface area contributed by atoms with Crippen molar-refractivity contribution in [3.8, 4) is 0 Å². The molecule has 0 fully saturated rings. The highest BCUT2D eigenvalue weighted by Gasteiger charge is 2.43. The minimum absolute atomic E-state index is 0.947. The minimum atomic E-state index is -3.91. The van der Waals surface area contributed by atoms with Crippen molar-refractivity contribution in [1.29, 1.82) is 0 Å². The molecule has 2 nitrogen and oxygen atoms in total. The van der Waals surface area contributed by atoms with E-state index in [0.29, 0.717) is 0 Å². The molecule has 0 aliphatic carbocycles. The summed E-state index contributed by atoms with van der Waals surface area (Å²) in [5.41, 5.74) is 0. The summed E-state index contributed by atoms with van der Waals surface area (Å²) in [6.07, 6.45) is 1.01. The van der Waals surface area contributed by atoms with Crippen molar-refractivity contribution in [3.05, 3.63) is 0 Å². The minimum Gasteiger partial charge on any atom is -0.611 e. The summed E-state index contributed by atoms with van der Waals surface area (Å²) in [4.78, 5) is 9.40. The van der Waals surface area contributed by atoms with Crippen molar-refractivity contribution < 1.29 is 22.5 Å². The standard InChI is InChI=1S/C4H4F3O2S/c5-3-4(6,7)10(9)2-1-8/h2-3H2. The zero-order valence-electron chi connectivity index (χ0n) is 4.77. The first-order valence-electron chi connectivity index (χ1n) is 2.22. The Morgan fingerprint density at radius 3 is 2.40 bits per heavy atom. The first-order valence-corrected chi connectivity index (χ1v) is 3.53. The van der Waals surface area contributed by atoms with Gasteiger partial charge < -0.3 is 4.55 Å². The molecule has 0 spiro atoms. The van der Waals surface area contributed by atoms with Crippen LogP contribution in [0.5, 0.6) is 0 Å². The van der Waals surface area contributed by atoms with E-state index in [2.05, 4.69) is 0 Å². The van der Waals surface area contributed by atoms with Gasteiger partial charge in [-0.05, 0) is 0 Å². The second kappa shape index (κ2) is 3.82. The van der Waals surface area contributed by atoms with Gasteiger partial charge in [0.1, 0.15) is 0 Å². The maximum Gasteiger partial charge on any atom is 0.435 e. The van der Waals surface area contributed by atoms with E-state index in [-0.39, 0.29) is 0 Å². The second-order valence-electron chi connectivity index (χ2n) is 1.41. The summed E-state index contributed by atoms with van der Waals surface area (Å²) in [5.74, 6) is -0.947. The van der Waals surface area contributed by atoms with Gasteiger partial charge in [0, 0.05) is 11.2 Å². The van der Waals surface area contributed by atoms with Gasteiger partial charge in [-0.3, -0.25) is 4.79 Å². The van der Waals surface area contributed by atoms with Gasteiger partial charge in [-0.25, -0.2) is 4.39 Å². The van der Waals surface area contributed by atoms with E-state index < -0.39 is 28.9 Å². The van der Waals surface area contributed by atoms with Crippen LogP contribution < -0.4 is 0 Å². The van der Waals surface area contributed by atoms with Crippen molar-refractivity contribution in [2.45, 2.75) is 5.25 Å². The number of alkyl halides is 3. The van der Waals surface area contributed by atoms with E-state index in [1.807, 2.05) is 0 Å². The Hall–Kier alpha value is -0.230. The van der Waals surface area contributed by atoms with Crippen LogP contribution in [0.4, 0.5) is 13.2 Å². The Balaban J connectivity index is 3.89. The van der Waals surface area contributed by atoms with Crippen LogP contribution >= 0.6 is 0 Å². The molecular formula is C4H4F3O2S. The summed E-state index contributed by atoms with van der Waals surface area (Å²) in [6, 6.07) is 0. The van der Waals surface area contributed by atoms with Crippen molar-refractivity contribution in [1.82, 2.24) is 0 Å². The molecule has 10 heavy (non-hydrogen) atoms. The smallest absolute Gasteiger partial charge is 0.435 e. The summed E-state index contributed by atoms with van der Waals surface area (Å²) in [5, 5.41) is -3.91. The van der Waals surface area contributed by atoms with Crippen LogP contribution in [0.2, 0.25) is 0 Å². The van der Waals surface area contributed by atoms with Gasteiger partial charge in [-0.15, -0.1) is 0 Å². The highest BCUT2D eigenvalue weighted by atomic mass is 32.2. The lowest BCUT2D eigenvalue weighted by molar-refractivity contribution is 0.0625. The van der Waals surface area contributed by atoms with Gasteiger partial charge in [-0.2, -0.15) is 8.78 Å². The molecule has 0 aromatic rings. The average molecular weight is 173 g/mol. The molecule has 0 saturated heterocycles. The van der Waals surface area contributed by atoms with Crippen molar-refractivity contribution in [2.75, 3.05) is 12.4 Å². The number of rotatable bonds is 4. The monoisotopic (exact) mass is 173 g/mol. The van der Waals surface area contributed by atoms with Crippen LogP contribution in [0.1, 0.15) is 0 Å². The van der Waals surface area contributed by atoms with E-state index in [9.17, 15) is 22.5 Å². The van der Waals surface area contributed by atoms with Crippen LogP contribution in [0.3, 0.4) is 0 Å². The lowest BCUT2D eigenvalue weighted by atomic mass is 10.8. The molecule has 0 N–H and O–H groups in total. The van der Waals surface area contributed by atoms with Crippen molar-refractivity contribution in [2.24, 2.45) is 0 Å². The summed E-state index contributed by atoms with van der Waals surface area (Å²) in [7, 11) is 0. The molecule has 0 aliphatic heterocycles. The van der Waals surface area contributed by atoms with Crippen LogP contribution in [0.25, 0.3) is 0 Å². The molecule has 0 heterocycles. The Bertz CT molecular complexity index is 119. The maximum absolute atomic E-state index is 11.9. The van der Waals surface area contributed by atoms with Gasteiger partial charge >= 0.3 is 5.25 Å². The molecule has 1 unspecified atom stereocenters. The maximum atomic E-state index is 11.9. The van der Waals surface area contributed by atoms with E-state index in [4.69, 9.17) is 0 Å². The Labute approximate surface area is 58.6 Å². The van der Waals surface area contributed by atoms with Gasteiger partial charge in [0.15, 0.2) is 5.75 Å². The van der Waals surface area contributed by atoms with E-state index in [1.165, 1.54) is 0 Å². The van der Waals surface area contributed by atoms with Gasteiger partial charge in [0.2, 0.25) is 6.67 Å². The molecule has 0 aromatic carbocycles. The Morgan fingerprint density at radius 2 is 2.10 bits per heavy atom. The number of halogens is 3. The predicted octanol–water partition coefficient (Wildman–Crippen LogP) is 0.407. The van der Waals surface area contributed by atoms with Crippen LogP contribution in [-0.4, -0.2) is 28.5 Å². The first kappa shape index (κ1) is 9.77. The number of hydrogen-bond acceptors (Lipinski definition) is 2. The predicted molar refractivity (Wildman–Crippen MR) is 29.6 cm³/mol. The summed E-state index contributed by atoms with van der Waals surface area (Å²) < 4.78 is 45.2. The third kappa shape index (κ3) is 2.57. The van der Waals surface area contributed by atoms with Crippen molar-refractivity contribution in [3.63, 3.8) is 0 Å². The lowest BCUT2D eigenvalue weighted by Crippen LogP contribution is -2.33. The normalized spacial score (nSPS) is 14.8. The molecule has 0 saturated carbocycles. The molecule has 0 aromatic heterocycles. The van der Waals surface area contributed by atoms with Crippen molar-refractivity contribution >= 4 is 17.5 Å². The van der Waals surface area contributed by atoms with Crippen LogP contribution in [-0.2, 0) is 16.0 Å². The first-order chi connectivity index (χ1) is 4.54. The molecule has 1 radical (unpaired) electrons. The quantitative estimate of drug-likeness (QED) is 0.577. The molecule has 0 amide bonds. The van der Waals surface area contributed by atoms with E-state index in [1.54, 1.807) is 0 Å². The molecule has 1 atom stereocenters. The summed E-state index contributed by atoms with van der Waals surface area (Å²) in [6.45, 7) is -2.01. The highest BCUT2D eigenvalue weighted by molar-refractivity contribution is 7.93. The third-order valence-electron chi connectivity index (χ3n) is 0.679. The SMILES string of the molecule is O=[C]C[S+]([O-])C(F)(F)CF. The lowest BCUT2D eigenvalue weighted by Gasteiger charge is -2.14. The van der Waals surface area contributed by atoms with Gasteiger partial charge in [0.25, 0.3) is 6.29 Å². The second-order valence-corrected chi connectivity index (χ2v) is 2.98. The average Bonchev–Trinajstić information content (AvgIpc) is 1.89. The zero-order chi connectivity index (χ0) is 8.20. The molecule has 6 heteroatoms. The molecule has 0 aliphatic rings. The van der Waals surface area contributed by atoms with Crippen LogP contribution in [0, 0.1) is 0 Å². The summed E-state index contributed by atoms with van der Waals surface area (Å²) >= 11 is -2.76. The zero-order valence-corrected chi connectivity index (χ0v) is 5.59. The molecular weight excluding hydrogens is 169 g/mol. The van der Waals surface area contributed by atoms with E-state index in [0.717, 1.165) is 6.29 Å². The fraction of sp³-hybridized carbons (Fsp3) is 0.750. The van der Waals surface area contributed by atoms with Crippen LogP contribution in [0.15, 0.2) is 0 Å². The topological polar surface area (TPSA) is 40.1 Å².